The van der Waals surface area contributed by atoms with Crippen LogP contribution in [0.1, 0.15) is 45.6 Å². The molecule has 1 atom stereocenters. The fourth-order valence-corrected chi connectivity index (χ4v) is 5.17. The Hall–Kier alpha value is -2.81. The molecule has 1 aliphatic rings. The Morgan fingerprint density at radius 1 is 1.34 bits per heavy atom. The van der Waals surface area contributed by atoms with E-state index in [0.717, 1.165) is 33.8 Å². The number of thiophene rings is 1. The molecule has 3 aromatic heterocycles. The summed E-state index contributed by atoms with van der Waals surface area (Å²) in [6.07, 6.45) is 2.98. The number of nitrogens with zero attached hydrogens (tertiary/aromatic N) is 5. The van der Waals surface area contributed by atoms with Crippen molar-refractivity contribution in [2.24, 2.45) is 0 Å². The van der Waals surface area contributed by atoms with E-state index in [-0.39, 0.29) is 17.7 Å². The van der Waals surface area contributed by atoms with Gasteiger partial charge in [-0.3, -0.25) is 9.59 Å². The second-order valence-electron chi connectivity index (χ2n) is 7.28. The molecule has 29 heavy (non-hydrogen) atoms. The van der Waals surface area contributed by atoms with Gasteiger partial charge in [0, 0.05) is 44.1 Å². The first kappa shape index (κ1) is 19.5. The predicted octanol–water partition coefficient (Wildman–Crippen LogP) is 2.27. The van der Waals surface area contributed by atoms with Crippen LogP contribution < -0.4 is 5.32 Å². The number of carbonyl (C=O) groups excluding carboxylic acids is 2. The van der Waals surface area contributed by atoms with Gasteiger partial charge in [0.25, 0.3) is 5.91 Å². The van der Waals surface area contributed by atoms with E-state index in [4.69, 9.17) is 0 Å². The summed E-state index contributed by atoms with van der Waals surface area (Å²) >= 11 is 1.42. The molecule has 2 amide bonds. The van der Waals surface area contributed by atoms with Crippen molar-refractivity contribution in [3.05, 3.63) is 40.4 Å². The molecular weight excluding hydrogens is 388 g/mol. The second-order valence-corrected chi connectivity index (χ2v) is 8.28. The molecule has 0 aliphatic carbocycles. The van der Waals surface area contributed by atoms with Crippen molar-refractivity contribution in [2.45, 2.75) is 39.2 Å². The highest BCUT2D eigenvalue weighted by atomic mass is 32.1. The average molecular weight is 413 g/mol. The smallest absolute Gasteiger partial charge is 0.261 e. The summed E-state index contributed by atoms with van der Waals surface area (Å²) in [5.74, 6) is 1.70. The maximum Gasteiger partial charge on any atom is 0.261 e. The summed E-state index contributed by atoms with van der Waals surface area (Å²) in [5, 5.41) is 8.07. The Kier molecular flexibility index (Phi) is 5.31. The molecule has 4 heterocycles. The lowest BCUT2D eigenvalue weighted by molar-refractivity contribution is -0.130. The van der Waals surface area contributed by atoms with Crippen LogP contribution in [0.15, 0.2) is 18.3 Å². The van der Waals surface area contributed by atoms with Gasteiger partial charge in [0.15, 0.2) is 0 Å². The van der Waals surface area contributed by atoms with E-state index in [2.05, 4.69) is 20.4 Å². The number of nitrogens with one attached hydrogen (secondary N) is 1. The van der Waals surface area contributed by atoms with E-state index in [0.29, 0.717) is 30.9 Å². The molecule has 0 radical (unpaired) electrons. The SMILES string of the molecule is CNC(=O)c1sc2ncccc2c1[C@@H]1CCN(C(=O)CCn2nc(C)nc2C)C1. The van der Waals surface area contributed by atoms with Gasteiger partial charge in [-0.1, -0.05) is 6.07 Å². The minimum absolute atomic E-state index is 0.0928. The number of aromatic nitrogens is 4. The van der Waals surface area contributed by atoms with Crippen LogP contribution in [0, 0.1) is 13.8 Å². The highest BCUT2D eigenvalue weighted by Crippen LogP contribution is 2.39. The number of amides is 2. The number of pyridine rings is 1. The monoisotopic (exact) mass is 412 g/mol. The van der Waals surface area contributed by atoms with Crippen LogP contribution in [0.2, 0.25) is 0 Å². The van der Waals surface area contributed by atoms with E-state index < -0.39 is 0 Å². The van der Waals surface area contributed by atoms with Crippen molar-refractivity contribution in [3.63, 3.8) is 0 Å². The summed E-state index contributed by atoms with van der Waals surface area (Å²) in [5.41, 5.74) is 1.02. The van der Waals surface area contributed by atoms with Gasteiger partial charge in [-0.25, -0.2) is 14.6 Å². The first-order chi connectivity index (χ1) is 14.0. The maximum absolute atomic E-state index is 12.8. The molecule has 0 bridgehead atoms. The van der Waals surface area contributed by atoms with Crippen LogP contribution in [-0.2, 0) is 11.3 Å². The lowest BCUT2D eigenvalue weighted by atomic mass is 9.95. The zero-order valence-corrected chi connectivity index (χ0v) is 17.6. The standard InChI is InChI=1S/C20H24N6O2S/c1-12-23-13(2)26(24-12)10-7-16(27)25-9-6-14(11-25)17-15-5-4-8-22-20(15)29-18(17)19(28)21-3/h4-5,8,14H,6-7,9-11H2,1-3H3,(H,21,28)/t14-/m1/s1. The molecular formula is C20H24N6O2S. The average Bonchev–Trinajstić information content (AvgIpc) is 3.41. The van der Waals surface area contributed by atoms with Crippen LogP contribution in [-0.4, -0.2) is 56.6 Å². The topological polar surface area (TPSA) is 93.0 Å². The van der Waals surface area contributed by atoms with Gasteiger partial charge in [0.2, 0.25) is 5.91 Å². The minimum atomic E-state index is -0.0928. The van der Waals surface area contributed by atoms with E-state index in [9.17, 15) is 9.59 Å². The van der Waals surface area contributed by atoms with Gasteiger partial charge in [-0.15, -0.1) is 11.3 Å². The summed E-state index contributed by atoms with van der Waals surface area (Å²) < 4.78 is 1.78. The molecule has 1 fully saturated rings. The molecule has 1 aliphatic heterocycles. The number of likely N-dealkylation sites (tertiary alicyclic amines) is 1. The summed E-state index contributed by atoms with van der Waals surface area (Å²) in [6, 6.07) is 3.91. The maximum atomic E-state index is 12.8. The van der Waals surface area contributed by atoms with Crippen LogP contribution in [0.25, 0.3) is 10.2 Å². The van der Waals surface area contributed by atoms with Crippen molar-refractivity contribution in [3.8, 4) is 0 Å². The number of hydrogen-bond acceptors (Lipinski definition) is 6. The Bertz CT molecular complexity index is 1070. The van der Waals surface area contributed by atoms with Gasteiger partial charge >= 0.3 is 0 Å². The van der Waals surface area contributed by atoms with E-state index >= 15 is 0 Å². The number of aryl methyl sites for hydroxylation is 3. The fraction of sp³-hybridized carbons (Fsp3) is 0.450. The summed E-state index contributed by atoms with van der Waals surface area (Å²) in [7, 11) is 1.64. The Morgan fingerprint density at radius 3 is 2.90 bits per heavy atom. The Morgan fingerprint density at radius 2 is 2.17 bits per heavy atom. The number of rotatable bonds is 5. The molecule has 9 heteroatoms. The third-order valence-corrected chi connectivity index (χ3v) is 6.52. The second kappa shape index (κ2) is 7.90. The fourth-order valence-electron chi connectivity index (χ4n) is 3.99. The number of carbonyl (C=O) groups is 2. The number of hydrogen-bond donors (Lipinski definition) is 1. The Labute approximate surface area is 172 Å². The van der Waals surface area contributed by atoms with Crippen LogP contribution >= 0.6 is 11.3 Å². The lowest BCUT2D eigenvalue weighted by Gasteiger charge is -2.17. The first-order valence-electron chi connectivity index (χ1n) is 9.73. The Balaban J connectivity index is 1.50. The van der Waals surface area contributed by atoms with Crippen LogP contribution in [0.5, 0.6) is 0 Å². The van der Waals surface area contributed by atoms with Crippen molar-refractivity contribution in [1.82, 2.24) is 30.0 Å². The number of fused-ring (bicyclic) bond motifs is 1. The largest absolute Gasteiger partial charge is 0.354 e. The van der Waals surface area contributed by atoms with Crippen LogP contribution in [0.4, 0.5) is 0 Å². The zero-order chi connectivity index (χ0) is 20.5. The van der Waals surface area contributed by atoms with Crippen molar-refractivity contribution < 1.29 is 9.59 Å². The van der Waals surface area contributed by atoms with Crippen molar-refractivity contribution >= 4 is 33.4 Å². The van der Waals surface area contributed by atoms with Gasteiger partial charge < -0.3 is 10.2 Å². The zero-order valence-electron chi connectivity index (χ0n) is 16.8. The molecule has 1 saturated heterocycles. The minimum Gasteiger partial charge on any atom is -0.354 e. The predicted molar refractivity (Wildman–Crippen MR) is 111 cm³/mol. The highest BCUT2D eigenvalue weighted by Gasteiger charge is 2.32. The van der Waals surface area contributed by atoms with Crippen molar-refractivity contribution in [2.75, 3.05) is 20.1 Å². The van der Waals surface area contributed by atoms with E-state index in [1.807, 2.05) is 30.9 Å². The summed E-state index contributed by atoms with van der Waals surface area (Å²) in [6.45, 7) is 5.59. The van der Waals surface area contributed by atoms with E-state index in [1.165, 1.54) is 11.3 Å². The van der Waals surface area contributed by atoms with E-state index in [1.54, 1.807) is 17.9 Å². The first-order valence-corrected chi connectivity index (χ1v) is 10.5. The quantitative estimate of drug-likeness (QED) is 0.694. The molecule has 152 valence electrons. The normalized spacial score (nSPS) is 16.5. The lowest BCUT2D eigenvalue weighted by Crippen LogP contribution is -2.29. The molecule has 0 saturated carbocycles. The molecule has 4 rings (SSSR count). The van der Waals surface area contributed by atoms with Gasteiger partial charge in [-0.2, -0.15) is 5.10 Å². The van der Waals surface area contributed by atoms with Gasteiger partial charge in [-0.05, 0) is 31.9 Å². The molecule has 3 aromatic rings. The van der Waals surface area contributed by atoms with Gasteiger partial charge in [0.1, 0.15) is 16.5 Å². The molecule has 0 unspecified atom stereocenters. The molecule has 0 spiro atoms. The third kappa shape index (κ3) is 3.74. The van der Waals surface area contributed by atoms with Crippen molar-refractivity contribution in [1.29, 1.82) is 0 Å². The van der Waals surface area contributed by atoms with Gasteiger partial charge in [0.05, 0.1) is 11.4 Å². The highest BCUT2D eigenvalue weighted by molar-refractivity contribution is 7.20. The summed E-state index contributed by atoms with van der Waals surface area (Å²) in [4.78, 5) is 37.4. The molecule has 8 nitrogen and oxygen atoms in total. The van der Waals surface area contributed by atoms with Crippen LogP contribution in [0.3, 0.4) is 0 Å². The molecule has 1 N–H and O–H groups in total. The third-order valence-electron chi connectivity index (χ3n) is 5.39. The molecule has 0 aromatic carbocycles.